The van der Waals surface area contributed by atoms with Crippen molar-refractivity contribution in [3.63, 3.8) is 0 Å². The molecule has 1 fully saturated rings. The van der Waals surface area contributed by atoms with E-state index < -0.39 is 0 Å². The van der Waals surface area contributed by atoms with Gasteiger partial charge < -0.3 is 10.0 Å². The number of hydrogen-bond acceptors (Lipinski definition) is 2. The Morgan fingerprint density at radius 3 is 2.80 bits per heavy atom. The number of hydrogen-bond donors (Lipinski definition) is 1. The van der Waals surface area contributed by atoms with Gasteiger partial charge >= 0.3 is 0 Å². The summed E-state index contributed by atoms with van der Waals surface area (Å²) in [5.41, 5.74) is 0. The highest BCUT2D eigenvalue weighted by Gasteiger charge is 2.25. The predicted molar refractivity (Wildman–Crippen MR) is 68.4 cm³/mol. The molecule has 1 aliphatic rings. The van der Waals surface area contributed by atoms with E-state index >= 15 is 0 Å². The highest BCUT2D eigenvalue weighted by Crippen LogP contribution is 2.19. The molecule has 1 N–H and O–H groups in total. The Labute approximate surface area is 102 Å². The van der Waals surface area contributed by atoms with Crippen LogP contribution in [0.15, 0.2) is 0 Å². The van der Waals surface area contributed by atoms with E-state index in [9.17, 15) is 5.11 Å². The van der Waals surface area contributed by atoms with Gasteiger partial charge in [0.15, 0.2) is 0 Å². The lowest BCUT2D eigenvalue weighted by molar-refractivity contribution is 0.0299. The summed E-state index contributed by atoms with van der Waals surface area (Å²) in [6.07, 6.45) is 3.44. The third-order valence-corrected chi connectivity index (χ3v) is 4.29. The lowest BCUT2D eigenvalue weighted by atomic mass is 9.95. The summed E-state index contributed by atoms with van der Waals surface area (Å²) in [5.74, 6) is 1.22. The third-order valence-electron chi connectivity index (χ3n) is 3.38. The van der Waals surface area contributed by atoms with Gasteiger partial charge in [-0.2, -0.15) is 0 Å². The summed E-state index contributed by atoms with van der Waals surface area (Å²) in [7, 11) is 0. The molecule has 1 rings (SSSR count). The van der Waals surface area contributed by atoms with Gasteiger partial charge in [-0.15, -0.1) is 0 Å². The van der Waals surface area contributed by atoms with Crippen LogP contribution in [0.3, 0.4) is 0 Å². The fourth-order valence-corrected chi connectivity index (χ4v) is 2.90. The van der Waals surface area contributed by atoms with Gasteiger partial charge in [0.05, 0.1) is 6.10 Å². The highest BCUT2D eigenvalue weighted by atomic mass is 79.9. The molecule has 2 nitrogen and oxygen atoms in total. The Kier molecular flexibility index (Phi) is 6.17. The van der Waals surface area contributed by atoms with E-state index in [1.54, 1.807) is 0 Å². The predicted octanol–water partition coefficient (Wildman–Crippen LogP) is 2.50. The maximum Gasteiger partial charge on any atom is 0.0590 e. The first kappa shape index (κ1) is 13.5. The van der Waals surface area contributed by atoms with Crippen LogP contribution < -0.4 is 0 Å². The molecule has 0 aromatic heterocycles. The number of piperidine rings is 1. The fraction of sp³-hybridized carbons (Fsp3) is 1.00. The quantitative estimate of drug-likeness (QED) is 0.781. The maximum absolute atomic E-state index is 9.65. The first-order valence-corrected chi connectivity index (χ1v) is 7.25. The summed E-state index contributed by atoms with van der Waals surface area (Å²) in [6.45, 7) is 7.72. The minimum absolute atomic E-state index is 0.0742. The van der Waals surface area contributed by atoms with E-state index in [-0.39, 0.29) is 6.10 Å². The van der Waals surface area contributed by atoms with Crippen molar-refractivity contribution in [2.45, 2.75) is 39.2 Å². The molecule has 3 heteroatoms. The zero-order valence-corrected chi connectivity index (χ0v) is 11.5. The molecular formula is C12H24BrNO. The number of alkyl halides is 1. The number of nitrogens with zero attached hydrogens (tertiary/aromatic N) is 1. The lowest BCUT2D eigenvalue weighted by Gasteiger charge is -2.36. The van der Waals surface area contributed by atoms with Gasteiger partial charge in [0.2, 0.25) is 0 Å². The van der Waals surface area contributed by atoms with Crippen LogP contribution in [-0.2, 0) is 0 Å². The Balaban J connectivity index is 2.31. The van der Waals surface area contributed by atoms with Gasteiger partial charge in [-0.1, -0.05) is 36.2 Å². The van der Waals surface area contributed by atoms with Crippen LogP contribution >= 0.6 is 15.9 Å². The van der Waals surface area contributed by atoms with Crippen LogP contribution in [0.4, 0.5) is 0 Å². The van der Waals surface area contributed by atoms with E-state index in [1.807, 2.05) is 0 Å². The number of likely N-dealkylation sites (tertiary alicyclic amines) is 1. The molecule has 0 aromatic rings. The van der Waals surface area contributed by atoms with E-state index in [0.29, 0.717) is 5.92 Å². The monoisotopic (exact) mass is 277 g/mol. The van der Waals surface area contributed by atoms with E-state index in [4.69, 9.17) is 0 Å². The molecule has 1 saturated heterocycles. The van der Waals surface area contributed by atoms with Crippen LogP contribution in [0.5, 0.6) is 0 Å². The van der Waals surface area contributed by atoms with Crippen LogP contribution in [-0.4, -0.2) is 41.1 Å². The second-order valence-electron chi connectivity index (χ2n) is 4.90. The van der Waals surface area contributed by atoms with Gasteiger partial charge in [-0.3, -0.25) is 0 Å². The zero-order valence-electron chi connectivity index (χ0n) is 9.95. The SMILES string of the molecule is CCCC(CBr)CN1CCC(O)C(C)C1. The van der Waals surface area contributed by atoms with E-state index in [2.05, 4.69) is 34.7 Å². The molecule has 0 bridgehead atoms. The van der Waals surface area contributed by atoms with Gasteiger partial charge in [0.25, 0.3) is 0 Å². The minimum atomic E-state index is -0.0742. The Bertz CT molecular complexity index is 177. The van der Waals surface area contributed by atoms with Gasteiger partial charge in [-0.05, 0) is 24.7 Å². The fourth-order valence-electron chi connectivity index (χ4n) is 2.38. The normalized spacial score (nSPS) is 30.4. The van der Waals surface area contributed by atoms with Crippen molar-refractivity contribution in [2.24, 2.45) is 11.8 Å². The van der Waals surface area contributed by atoms with Crippen molar-refractivity contribution < 1.29 is 5.11 Å². The molecule has 0 saturated carbocycles. The van der Waals surface area contributed by atoms with Crippen LogP contribution in [0, 0.1) is 11.8 Å². The third kappa shape index (κ3) is 4.41. The second-order valence-corrected chi connectivity index (χ2v) is 5.55. The second kappa shape index (κ2) is 6.87. The smallest absolute Gasteiger partial charge is 0.0590 e. The average molecular weight is 278 g/mol. The molecule has 0 radical (unpaired) electrons. The molecule has 0 spiro atoms. The molecule has 15 heavy (non-hydrogen) atoms. The Morgan fingerprint density at radius 1 is 1.53 bits per heavy atom. The van der Waals surface area contributed by atoms with Crippen molar-refractivity contribution in [3.05, 3.63) is 0 Å². The number of rotatable bonds is 5. The van der Waals surface area contributed by atoms with Crippen LogP contribution in [0.2, 0.25) is 0 Å². The molecule has 1 heterocycles. The first-order valence-electron chi connectivity index (χ1n) is 6.13. The van der Waals surface area contributed by atoms with Crippen molar-refractivity contribution >= 4 is 15.9 Å². The minimum Gasteiger partial charge on any atom is -0.393 e. The zero-order chi connectivity index (χ0) is 11.3. The van der Waals surface area contributed by atoms with Crippen molar-refractivity contribution in [3.8, 4) is 0 Å². The van der Waals surface area contributed by atoms with Gasteiger partial charge in [0.1, 0.15) is 0 Å². The van der Waals surface area contributed by atoms with Crippen molar-refractivity contribution in [2.75, 3.05) is 25.0 Å². The average Bonchev–Trinajstić information content (AvgIpc) is 2.23. The maximum atomic E-state index is 9.65. The number of halogens is 1. The summed E-state index contributed by atoms with van der Waals surface area (Å²) in [5, 5.41) is 10.8. The lowest BCUT2D eigenvalue weighted by Crippen LogP contribution is -2.44. The molecule has 0 aliphatic carbocycles. The van der Waals surface area contributed by atoms with Gasteiger partial charge in [0, 0.05) is 25.0 Å². The van der Waals surface area contributed by atoms with E-state index in [1.165, 1.54) is 19.4 Å². The summed E-state index contributed by atoms with van der Waals surface area (Å²) in [6, 6.07) is 0. The molecule has 1 aliphatic heterocycles. The first-order chi connectivity index (χ1) is 7.17. The number of aliphatic hydroxyl groups is 1. The standard InChI is InChI=1S/C12H24BrNO/c1-3-4-11(7-13)9-14-6-5-12(15)10(2)8-14/h10-12,15H,3-9H2,1-2H3. The topological polar surface area (TPSA) is 23.5 Å². The molecule has 3 unspecified atom stereocenters. The highest BCUT2D eigenvalue weighted by molar-refractivity contribution is 9.09. The Hall–Kier alpha value is 0.400. The van der Waals surface area contributed by atoms with Crippen LogP contribution in [0.25, 0.3) is 0 Å². The summed E-state index contributed by atoms with van der Waals surface area (Å²) in [4.78, 5) is 2.51. The summed E-state index contributed by atoms with van der Waals surface area (Å²) >= 11 is 3.59. The van der Waals surface area contributed by atoms with E-state index in [0.717, 1.165) is 30.8 Å². The van der Waals surface area contributed by atoms with Crippen LogP contribution in [0.1, 0.15) is 33.1 Å². The van der Waals surface area contributed by atoms with Crippen molar-refractivity contribution in [1.29, 1.82) is 0 Å². The molecule has 90 valence electrons. The molecule has 3 atom stereocenters. The largest absolute Gasteiger partial charge is 0.393 e. The summed E-state index contributed by atoms with van der Waals surface area (Å²) < 4.78 is 0. The van der Waals surface area contributed by atoms with Gasteiger partial charge in [-0.25, -0.2) is 0 Å². The molecular weight excluding hydrogens is 254 g/mol. The Morgan fingerprint density at radius 2 is 2.27 bits per heavy atom. The molecule has 0 aromatic carbocycles. The van der Waals surface area contributed by atoms with Crippen molar-refractivity contribution in [1.82, 2.24) is 4.90 Å². The number of aliphatic hydroxyl groups excluding tert-OH is 1. The molecule has 0 amide bonds.